The quantitative estimate of drug-likeness (QED) is 0.877. The Balaban J connectivity index is 2.12. The third-order valence-electron chi connectivity index (χ3n) is 3.80. The van der Waals surface area contributed by atoms with Crippen molar-refractivity contribution in [1.29, 1.82) is 0 Å². The van der Waals surface area contributed by atoms with Crippen molar-refractivity contribution in [2.75, 3.05) is 11.9 Å². The molecule has 5 nitrogen and oxygen atoms in total. The van der Waals surface area contributed by atoms with Crippen LogP contribution in [-0.4, -0.2) is 40.5 Å². The lowest BCUT2D eigenvalue weighted by molar-refractivity contribution is -0.143. The van der Waals surface area contributed by atoms with Crippen molar-refractivity contribution in [1.82, 2.24) is 4.90 Å². The van der Waals surface area contributed by atoms with Crippen LogP contribution in [0.3, 0.4) is 0 Å². The average Bonchev–Trinajstić information content (AvgIpc) is 2.81. The van der Waals surface area contributed by atoms with Crippen molar-refractivity contribution in [3.8, 4) is 0 Å². The number of hydrogen-bond acceptors (Lipinski definition) is 3. The number of benzene rings is 1. The predicted octanol–water partition coefficient (Wildman–Crippen LogP) is 1.94. The highest BCUT2D eigenvalue weighted by Crippen LogP contribution is 2.26. The Morgan fingerprint density at radius 2 is 1.82 bits per heavy atom. The number of anilines is 1. The van der Waals surface area contributed by atoms with Crippen LogP contribution >= 0.6 is 0 Å². The Labute approximate surface area is 131 Å². The summed E-state index contributed by atoms with van der Waals surface area (Å²) in [4.78, 5) is 26.4. The van der Waals surface area contributed by atoms with E-state index in [4.69, 9.17) is 0 Å². The van der Waals surface area contributed by atoms with Crippen LogP contribution in [0.4, 0.5) is 5.69 Å². The second kappa shape index (κ2) is 6.08. The molecule has 0 bridgehead atoms. The summed E-state index contributed by atoms with van der Waals surface area (Å²) in [5, 5.41) is 12.7. The molecule has 2 amide bonds. The summed E-state index contributed by atoms with van der Waals surface area (Å²) in [5.74, 6) is -0.369. The van der Waals surface area contributed by atoms with E-state index in [1.165, 1.54) is 4.90 Å². The minimum absolute atomic E-state index is 0.117. The molecule has 22 heavy (non-hydrogen) atoms. The third-order valence-corrected chi connectivity index (χ3v) is 3.80. The molecule has 1 fully saturated rings. The van der Waals surface area contributed by atoms with Crippen molar-refractivity contribution in [3.05, 3.63) is 29.8 Å². The molecule has 1 saturated heterocycles. The lowest BCUT2D eigenvalue weighted by atomic mass is 9.94. The molecule has 1 heterocycles. The number of amides is 2. The number of aliphatic hydroxyl groups excluding tert-OH is 1. The van der Waals surface area contributed by atoms with Gasteiger partial charge in [0.15, 0.2) is 0 Å². The highest BCUT2D eigenvalue weighted by molar-refractivity contribution is 5.98. The number of carbonyl (C=O) groups excluding carboxylic acids is 2. The lowest BCUT2D eigenvalue weighted by Crippen LogP contribution is -2.47. The molecule has 1 aromatic carbocycles. The van der Waals surface area contributed by atoms with E-state index in [2.05, 4.69) is 5.32 Å². The molecule has 2 N–H and O–H groups in total. The number of hydrogen-bond donors (Lipinski definition) is 2. The monoisotopic (exact) mass is 304 g/mol. The number of aliphatic hydroxyl groups is 1. The smallest absolute Gasteiger partial charge is 0.247 e. The van der Waals surface area contributed by atoms with Crippen molar-refractivity contribution in [2.45, 2.75) is 46.3 Å². The zero-order valence-electron chi connectivity index (χ0n) is 13.6. The van der Waals surface area contributed by atoms with Crippen LogP contribution in [0.5, 0.6) is 0 Å². The van der Waals surface area contributed by atoms with Gasteiger partial charge in [0.25, 0.3) is 0 Å². The fourth-order valence-corrected chi connectivity index (χ4v) is 2.58. The topological polar surface area (TPSA) is 69.6 Å². The van der Waals surface area contributed by atoms with Gasteiger partial charge in [-0.05, 0) is 19.1 Å². The lowest BCUT2D eigenvalue weighted by Gasteiger charge is -2.30. The van der Waals surface area contributed by atoms with Gasteiger partial charge in [0.05, 0.1) is 6.10 Å². The van der Waals surface area contributed by atoms with Crippen LogP contribution < -0.4 is 5.32 Å². The van der Waals surface area contributed by atoms with E-state index in [1.807, 2.05) is 52.0 Å². The van der Waals surface area contributed by atoms with E-state index in [9.17, 15) is 14.7 Å². The number of β-amino-alcohol motifs (C(OH)–C–C–N with tert-alkyl or cyclic N) is 1. The van der Waals surface area contributed by atoms with Crippen molar-refractivity contribution < 1.29 is 14.7 Å². The van der Waals surface area contributed by atoms with Gasteiger partial charge in [-0.2, -0.15) is 0 Å². The first kappa shape index (κ1) is 16.5. The van der Waals surface area contributed by atoms with Gasteiger partial charge in [-0.25, -0.2) is 0 Å². The van der Waals surface area contributed by atoms with E-state index in [1.54, 1.807) is 0 Å². The largest absolute Gasteiger partial charge is 0.391 e. The number of carbonyl (C=O) groups is 2. The first-order valence-electron chi connectivity index (χ1n) is 7.55. The first-order chi connectivity index (χ1) is 10.2. The maximum Gasteiger partial charge on any atom is 0.247 e. The molecule has 0 spiro atoms. The summed E-state index contributed by atoms with van der Waals surface area (Å²) >= 11 is 0. The maximum atomic E-state index is 12.5. The molecule has 0 radical (unpaired) electrons. The molecule has 5 heteroatoms. The minimum atomic E-state index is -0.653. The summed E-state index contributed by atoms with van der Waals surface area (Å²) in [6.07, 6.45) is -0.375. The predicted molar refractivity (Wildman–Crippen MR) is 85.4 cm³/mol. The number of nitrogens with one attached hydrogen (secondary N) is 1. The second-order valence-corrected chi connectivity index (χ2v) is 6.97. The molecule has 120 valence electrons. The maximum absolute atomic E-state index is 12.5. The molecule has 2 rings (SSSR count). The van der Waals surface area contributed by atoms with E-state index in [0.717, 1.165) is 5.56 Å². The van der Waals surface area contributed by atoms with Gasteiger partial charge in [0, 0.05) is 24.1 Å². The zero-order valence-corrected chi connectivity index (χ0v) is 13.6. The van der Waals surface area contributed by atoms with E-state index >= 15 is 0 Å². The Morgan fingerprint density at radius 3 is 2.36 bits per heavy atom. The van der Waals surface area contributed by atoms with E-state index < -0.39 is 17.6 Å². The molecule has 1 aliphatic rings. The average molecular weight is 304 g/mol. The van der Waals surface area contributed by atoms with Crippen LogP contribution in [0.25, 0.3) is 0 Å². The fourth-order valence-electron chi connectivity index (χ4n) is 2.58. The molecule has 0 saturated carbocycles. The molecule has 1 aliphatic heterocycles. The molecular formula is C17H24N2O3. The first-order valence-corrected chi connectivity index (χ1v) is 7.55. The summed E-state index contributed by atoms with van der Waals surface area (Å²) in [6, 6.07) is 6.86. The number of likely N-dealkylation sites (tertiary alicyclic amines) is 1. The number of rotatable bonds is 2. The van der Waals surface area contributed by atoms with Gasteiger partial charge in [0.2, 0.25) is 11.8 Å². The standard InChI is InChI=1S/C17H24N2O3/c1-11-5-7-12(8-6-11)18-15(21)14-9-13(20)10-19(14)16(22)17(2,3)4/h5-8,13-14,20H,9-10H2,1-4H3,(H,18,21)/t13-,14+/m1/s1. The number of aryl methyl sites for hydroxylation is 1. The number of nitrogens with zero attached hydrogens (tertiary/aromatic N) is 1. The highest BCUT2D eigenvalue weighted by Gasteiger charge is 2.42. The molecule has 0 unspecified atom stereocenters. The van der Waals surface area contributed by atoms with Crippen LogP contribution in [0.2, 0.25) is 0 Å². The van der Waals surface area contributed by atoms with Crippen LogP contribution in [0, 0.1) is 12.3 Å². The van der Waals surface area contributed by atoms with Crippen molar-refractivity contribution in [2.24, 2.45) is 5.41 Å². The Hall–Kier alpha value is -1.88. The summed E-state index contributed by atoms with van der Waals surface area (Å²) in [7, 11) is 0. The molecule has 0 aliphatic carbocycles. The molecular weight excluding hydrogens is 280 g/mol. The molecule has 1 aromatic rings. The van der Waals surface area contributed by atoms with Gasteiger partial charge < -0.3 is 15.3 Å². The summed E-state index contributed by atoms with van der Waals surface area (Å²) in [6.45, 7) is 7.63. The second-order valence-electron chi connectivity index (χ2n) is 6.97. The SMILES string of the molecule is Cc1ccc(NC(=O)[C@@H]2C[C@@H](O)CN2C(=O)C(C)(C)C)cc1. The Bertz CT molecular complexity index is 560. The van der Waals surface area contributed by atoms with Gasteiger partial charge in [-0.15, -0.1) is 0 Å². The van der Waals surface area contributed by atoms with Crippen LogP contribution in [0.1, 0.15) is 32.8 Å². The fraction of sp³-hybridized carbons (Fsp3) is 0.529. The zero-order chi connectivity index (χ0) is 16.5. The Kier molecular flexibility index (Phi) is 4.56. The highest BCUT2D eigenvalue weighted by atomic mass is 16.3. The molecule has 2 atom stereocenters. The van der Waals surface area contributed by atoms with Crippen molar-refractivity contribution in [3.63, 3.8) is 0 Å². The summed E-state index contributed by atoms with van der Waals surface area (Å²) in [5.41, 5.74) is 1.23. The van der Waals surface area contributed by atoms with Gasteiger partial charge in [-0.3, -0.25) is 9.59 Å². The van der Waals surface area contributed by atoms with Crippen molar-refractivity contribution >= 4 is 17.5 Å². The normalized spacial score (nSPS) is 21.8. The minimum Gasteiger partial charge on any atom is -0.391 e. The Morgan fingerprint density at radius 1 is 1.23 bits per heavy atom. The van der Waals surface area contributed by atoms with Gasteiger partial charge >= 0.3 is 0 Å². The molecule has 0 aromatic heterocycles. The summed E-state index contributed by atoms with van der Waals surface area (Å²) < 4.78 is 0. The van der Waals surface area contributed by atoms with Gasteiger partial charge in [-0.1, -0.05) is 38.5 Å². The van der Waals surface area contributed by atoms with E-state index in [0.29, 0.717) is 5.69 Å². The van der Waals surface area contributed by atoms with Crippen LogP contribution in [0.15, 0.2) is 24.3 Å². The third kappa shape index (κ3) is 3.65. The van der Waals surface area contributed by atoms with Gasteiger partial charge in [0.1, 0.15) is 6.04 Å². The van der Waals surface area contributed by atoms with E-state index in [-0.39, 0.29) is 24.8 Å². The van der Waals surface area contributed by atoms with Crippen LogP contribution in [-0.2, 0) is 9.59 Å².